The SMILES string of the molecule is O=C(COc1cc(Cl)cc(Cl)c1)NC1(C(=O)O)CCC1. The molecule has 20 heavy (non-hydrogen) atoms. The summed E-state index contributed by atoms with van der Waals surface area (Å²) in [6, 6.07) is 4.60. The minimum atomic E-state index is -1.13. The van der Waals surface area contributed by atoms with E-state index in [0.29, 0.717) is 28.6 Å². The number of nitrogens with one attached hydrogen (secondary N) is 1. The largest absolute Gasteiger partial charge is 0.484 e. The van der Waals surface area contributed by atoms with Crippen LogP contribution in [0.2, 0.25) is 10.0 Å². The molecule has 2 rings (SSSR count). The Balaban J connectivity index is 1.90. The van der Waals surface area contributed by atoms with Gasteiger partial charge in [0.1, 0.15) is 11.3 Å². The summed E-state index contributed by atoms with van der Waals surface area (Å²) in [5.74, 6) is -1.14. The third-order valence-corrected chi connectivity index (χ3v) is 3.64. The molecule has 1 saturated carbocycles. The van der Waals surface area contributed by atoms with Crippen LogP contribution in [0.3, 0.4) is 0 Å². The van der Waals surface area contributed by atoms with Crippen LogP contribution in [0.4, 0.5) is 0 Å². The van der Waals surface area contributed by atoms with E-state index in [1.54, 1.807) is 6.07 Å². The predicted octanol–water partition coefficient (Wildman–Crippen LogP) is 2.50. The minimum Gasteiger partial charge on any atom is -0.484 e. The Morgan fingerprint density at radius 2 is 1.85 bits per heavy atom. The van der Waals surface area contributed by atoms with Crippen LogP contribution < -0.4 is 10.1 Å². The number of rotatable bonds is 5. The molecular weight excluding hydrogens is 305 g/mol. The topological polar surface area (TPSA) is 75.6 Å². The van der Waals surface area contributed by atoms with Gasteiger partial charge in [0.15, 0.2) is 6.61 Å². The molecule has 0 radical (unpaired) electrons. The van der Waals surface area contributed by atoms with Crippen molar-refractivity contribution in [3.05, 3.63) is 28.2 Å². The molecule has 5 nitrogen and oxygen atoms in total. The Hall–Kier alpha value is -1.46. The minimum absolute atomic E-state index is 0.286. The number of carboxylic acid groups (broad SMARTS) is 1. The smallest absolute Gasteiger partial charge is 0.329 e. The molecule has 108 valence electrons. The van der Waals surface area contributed by atoms with Crippen LogP contribution in [0, 0.1) is 0 Å². The van der Waals surface area contributed by atoms with Gasteiger partial charge in [-0.3, -0.25) is 4.79 Å². The molecule has 0 saturated heterocycles. The first-order chi connectivity index (χ1) is 9.41. The van der Waals surface area contributed by atoms with Gasteiger partial charge in [0, 0.05) is 10.0 Å². The van der Waals surface area contributed by atoms with Crippen molar-refractivity contribution in [3.8, 4) is 5.75 Å². The molecule has 0 aliphatic heterocycles. The number of hydrogen-bond acceptors (Lipinski definition) is 3. The normalized spacial score (nSPS) is 16.1. The number of hydrogen-bond donors (Lipinski definition) is 2. The first kappa shape index (κ1) is 14.9. The van der Waals surface area contributed by atoms with Gasteiger partial charge < -0.3 is 15.2 Å². The van der Waals surface area contributed by atoms with Crippen molar-refractivity contribution in [1.29, 1.82) is 0 Å². The summed E-state index contributed by atoms with van der Waals surface area (Å²) in [7, 11) is 0. The first-order valence-corrected chi connectivity index (χ1v) is 6.80. The van der Waals surface area contributed by atoms with Crippen LogP contribution in [0.15, 0.2) is 18.2 Å². The van der Waals surface area contributed by atoms with E-state index in [1.807, 2.05) is 0 Å². The van der Waals surface area contributed by atoms with Crippen molar-refractivity contribution in [1.82, 2.24) is 5.32 Å². The standard InChI is InChI=1S/C13H13Cl2NO4/c14-8-4-9(15)6-10(5-8)20-7-11(17)16-13(12(18)19)2-1-3-13/h4-6H,1-3,7H2,(H,16,17)(H,18,19). The van der Waals surface area contributed by atoms with E-state index >= 15 is 0 Å². The van der Waals surface area contributed by atoms with Crippen molar-refractivity contribution in [3.63, 3.8) is 0 Å². The Labute approximate surface area is 125 Å². The summed E-state index contributed by atoms with van der Waals surface area (Å²) in [5, 5.41) is 12.4. The molecule has 2 N–H and O–H groups in total. The molecule has 1 amide bonds. The molecule has 0 aromatic heterocycles. The van der Waals surface area contributed by atoms with Crippen LogP contribution >= 0.6 is 23.2 Å². The quantitative estimate of drug-likeness (QED) is 0.874. The molecule has 1 fully saturated rings. The van der Waals surface area contributed by atoms with Crippen LogP contribution in [0.5, 0.6) is 5.75 Å². The van der Waals surface area contributed by atoms with E-state index in [4.69, 9.17) is 33.0 Å². The second-order valence-electron chi connectivity index (χ2n) is 4.68. The number of benzene rings is 1. The zero-order chi connectivity index (χ0) is 14.8. The maximum atomic E-state index is 11.7. The van der Waals surface area contributed by atoms with Gasteiger partial charge in [0.25, 0.3) is 5.91 Å². The Kier molecular flexibility index (Phi) is 4.40. The summed E-state index contributed by atoms with van der Waals surface area (Å²) in [6.45, 7) is -0.286. The van der Waals surface area contributed by atoms with Crippen LogP contribution in [0.1, 0.15) is 19.3 Å². The first-order valence-electron chi connectivity index (χ1n) is 6.05. The van der Waals surface area contributed by atoms with Crippen molar-refractivity contribution in [2.24, 2.45) is 0 Å². The van der Waals surface area contributed by atoms with Gasteiger partial charge in [-0.15, -0.1) is 0 Å². The van der Waals surface area contributed by atoms with Crippen molar-refractivity contribution in [2.75, 3.05) is 6.61 Å². The molecular formula is C13H13Cl2NO4. The van der Waals surface area contributed by atoms with E-state index in [-0.39, 0.29) is 6.61 Å². The zero-order valence-corrected chi connectivity index (χ0v) is 12.0. The molecule has 0 spiro atoms. The Morgan fingerprint density at radius 1 is 1.25 bits per heavy atom. The van der Waals surface area contributed by atoms with E-state index in [2.05, 4.69) is 5.32 Å². The summed E-state index contributed by atoms with van der Waals surface area (Å²) < 4.78 is 5.25. The second-order valence-corrected chi connectivity index (χ2v) is 5.56. The van der Waals surface area contributed by atoms with Gasteiger partial charge in [-0.05, 0) is 37.5 Å². The molecule has 1 aromatic carbocycles. The molecule has 0 atom stereocenters. The van der Waals surface area contributed by atoms with Gasteiger partial charge in [-0.2, -0.15) is 0 Å². The molecule has 0 heterocycles. The number of aliphatic carboxylic acids is 1. The maximum Gasteiger partial charge on any atom is 0.329 e. The van der Waals surface area contributed by atoms with Gasteiger partial charge in [0.2, 0.25) is 0 Å². The van der Waals surface area contributed by atoms with Gasteiger partial charge in [-0.1, -0.05) is 23.2 Å². The average molecular weight is 318 g/mol. The van der Waals surface area contributed by atoms with E-state index in [1.165, 1.54) is 12.1 Å². The summed E-state index contributed by atoms with van der Waals surface area (Å²) in [5.41, 5.74) is -1.13. The Bertz CT molecular complexity index is 523. The van der Waals surface area contributed by atoms with Crippen molar-refractivity contribution in [2.45, 2.75) is 24.8 Å². The lowest BCUT2D eigenvalue weighted by Crippen LogP contribution is -2.59. The van der Waals surface area contributed by atoms with Crippen molar-refractivity contribution < 1.29 is 19.4 Å². The number of carbonyl (C=O) groups is 2. The van der Waals surface area contributed by atoms with Crippen LogP contribution in [-0.4, -0.2) is 29.1 Å². The fraction of sp³-hybridized carbons (Fsp3) is 0.385. The van der Waals surface area contributed by atoms with Gasteiger partial charge in [0.05, 0.1) is 0 Å². The number of halogens is 2. The molecule has 1 aliphatic rings. The lowest BCUT2D eigenvalue weighted by Gasteiger charge is -2.38. The lowest BCUT2D eigenvalue weighted by molar-refractivity contribution is -0.152. The zero-order valence-electron chi connectivity index (χ0n) is 10.5. The monoisotopic (exact) mass is 317 g/mol. The molecule has 1 aliphatic carbocycles. The molecule has 7 heteroatoms. The molecule has 1 aromatic rings. The number of carboxylic acids is 1. The Morgan fingerprint density at radius 3 is 2.30 bits per heavy atom. The fourth-order valence-electron chi connectivity index (χ4n) is 1.99. The van der Waals surface area contributed by atoms with Crippen molar-refractivity contribution >= 4 is 35.1 Å². The maximum absolute atomic E-state index is 11.7. The third kappa shape index (κ3) is 3.35. The van der Waals surface area contributed by atoms with Gasteiger partial charge >= 0.3 is 5.97 Å². The number of carbonyl (C=O) groups excluding carboxylic acids is 1. The van der Waals surface area contributed by atoms with E-state index in [9.17, 15) is 9.59 Å². The average Bonchev–Trinajstić information content (AvgIpc) is 2.29. The molecule has 0 unspecified atom stereocenters. The number of ether oxygens (including phenoxy) is 1. The highest BCUT2D eigenvalue weighted by molar-refractivity contribution is 6.34. The number of amides is 1. The van der Waals surface area contributed by atoms with E-state index < -0.39 is 17.4 Å². The second kappa shape index (κ2) is 5.89. The summed E-state index contributed by atoms with van der Waals surface area (Å²) in [4.78, 5) is 22.8. The lowest BCUT2D eigenvalue weighted by atomic mass is 9.77. The van der Waals surface area contributed by atoms with Gasteiger partial charge in [-0.25, -0.2) is 4.79 Å². The summed E-state index contributed by atoms with van der Waals surface area (Å²) in [6.07, 6.45) is 1.67. The highest BCUT2D eigenvalue weighted by Gasteiger charge is 2.45. The van der Waals surface area contributed by atoms with Crippen LogP contribution in [0.25, 0.3) is 0 Å². The van der Waals surface area contributed by atoms with E-state index in [0.717, 1.165) is 6.42 Å². The predicted molar refractivity (Wildman–Crippen MR) is 74.3 cm³/mol. The molecule has 0 bridgehead atoms. The van der Waals surface area contributed by atoms with Crippen LogP contribution in [-0.2, 0) is 9.59 Å². The third-order valence-electron chi connectivity index (χ3n) is 3.20. The highest BCUT2D eigenvalue weighted by Crippen LogP contribution is 2.32. The fourth-order valence-corrected chi connectivity index (χ4v) is 2.49. The highest BCUT2D eigenvalue weighted by atomic mass is 35.5. The summed E-state index contributed by atoms with van der Waals surface area (Å²) >= 11 is 11.6.